The molecule has 5 heteroatoms. The van der Waals surface area contributed by atoms with Crippen molar-refractivity contribution >= 4 is 15.9 Å². The fraction of sp³-hybridized carbons (Fsp3) is 0.500. The number of alkyl halides is 3. The lowest BCUT2D eigenvalue weighted by Gasteiger charge is -1.98. The summed E-state index contributed by atoms with van der Waals surface area (Å²) in [6.45, 7) is 0. The van der Waals surface area contributed by atoms with E-state index in [0.717, 1.165) is 0 Å². The Labute approximate surface area is 57.7 Å². The Bertz CT molecular complexity index is 107. The third kappa shape index (κ3) is 4.44. The van der Waals surface area contributed by atoms with Crippen molar-refractivity contribution in [1.29, 1.82) is 0 Å². The van der Waals surface area contributed by atoms with E-state index in [9.17, 15) is 17.6 Å². The summed E-state index contributed by atoms with van der Waals surface area (Å²) >= 11 is 2.34. The van der Waals surface area contributed by atoms with Crippen LogP contribution in [0.4, 0.5) is 17.6 Å². The van der Waals surface area contributed by atoms with Gasteiger partial charge in [0.15, 0.2) is 0 Å². The molecule has 1 atom stereocenters. The van der Waals surface area contributed by atoms with Crippen molar-refractivity contribution in [3.8, 4) is 0 Å². The summed E-state index contributed by atoms with van der Waals surface area (Å²) in [4.78, 5) is -1.54. The molecule has 0 fully saturated rings. The van der Waals surface area contributed by atoms with E-state index in [-0.39, 0.29) is 6.08 Å². The fourth-order valence-electron chi connectivity index (χ4n) is 0.193. The van der Waals surface area contributed by atoms with Crippen LogP contribution in [0.15, 0.2) is 12.2 Å². The van der Waals surface area contributed by atoms with Crippen molar-refractivity contribution in [2.75, 3.05) is 0 Å². The van der Waals surface area contributed by atoms with E-state index in [2.05, 4.69) is 15.9 Å². The molecule has 9 heavy (non-hydrogen) atoms. The van der Waals surface area contributed by atoms with E-state index in [1.807, 2.05) is 0 Å². The topological polar surface area (TPSA) is 0 Å². The Kier molecular flexibility index (Phi) is 3.84. The van der Waals surface area contributed by atoms with Gasteiger partial charge < -0.3 is 0 Å². The highest BCUT2D eigenvalue weighted by Crippen LogP contribution is 2.15. The molecule has 1 unspecified atom stereocenters. The average molecular weight is 207 g/mol. The van der Waals surface area contributed by atoms with Gasteiger partial charge in [0.25, 0.3) is 12.5 Å². The first-order valence-electron chi connectivity index (χ1n) is 1.99. The quantitative estimate of drug-likeness (QED) is 0.482. The Morgan fingerprint density at radius 1 is 1.33 bits per heavy atom. The molecular weight excluding hydrogens is 204 g/mol. The van der Waals surface area contributed by atoms with E-state index in [0.29, 0.717) is 0 Å². The zero-order chi connectivity index (χ0) is 7.44. The second kappa shape index (κ2) is 3.87. The third-order valence-corrected chi connectivity index (χ3v) is 1.19. The summed E-state index contributed by atoms with van der Waals surface area (Å²) in [5.41, 5.74) is 0. The van der Waals surface area contributed by atoms with Gasteiger partial charge in [0.2, 0.25) is 0 Å². The van der Waals surface area contributed by atoms with Crippen LogP contribution < -0.4 is 0 Å². The van der Waals surface area contributed by atoms with Gasteiger partial charge in [0, 0.05) is 6.08 Å². The van der Waals surface area contributed by atoms with Crippen molar-refractivity contribution in [2.45, 2.75) is 11.3 Å². The van der Waals surface area contributed by atoms with E-state index in [1.165, 1.54) is 0 Å². The standard InChI is InChI=1S/C4H3BrF4/c5-2(4(8)9)1-3(6)7/h1-2,4H. The van der Waals surface area contributed by atoms with Gasteiger partial charge >= 0.3 is 0 Å². The van der Waals surface area contributed by atoms with Gasteiger partial charge in [0.05, 0.1) is 4.83 Å². The van der Waals surface area contributed by atoms with Crippen molar-refractivity contribution in [3.63, 3.8) is 0 Å². The monoisotopic (exact) mass is 206 g/mol. The predicted octanol–water partition coefficient (Wildman–Crippen LogP) is 2.80. The van der Waals surface area contributed by atoms with Crippen LogP contribution in [0.5, 0.6) is 0 Å². The summed E-state index contributed by atoms with van der Waals surface area (Å²) in [5, 5.41) is 0. The van der Waals surface area contributed by atoms with Gasteiger partial charge in [-0.05, 0) is 0 Å². The molecule has 0 rings (SSSR count). The van der Waals surface area contributed by atoms with Crippen molar-refractivity contribution in [3.05, 3.63) is 12.2 Å². The third-order valence-electron chi connectivity index (χ3n) is 0.526. The molecule has 0 aliphatic rings. The second-order valence-electron chi connectivity index (χ2n) is 1.24. The van der Waals surface area contributed by atoms with Crippen LogP contribution >= 0.6 is 15.9 Å². The number of hydrogen-bond donors (Lipinski definition) is 0. The normalized spacial score (nSPS) is 13.6. The minimum Gasteiger partial charge on any atom is -0.209 e. The minimum atomic E-state index is -2.79. The number of rotatable bonds is 2. The lowest BCUT2D eigenvalue weighted by atomic mass is 10.4. The van der Waals surface area contributed by atoms with Crippen LogP contribution in [0.3, 0.4) is 0 Å². The van der Waals surface area contributed by atoms with E-state index < -0.39 is 17.3 Å². The molecule has 0 aromatic heterocycles. The molecule has 54 valence electrons. The number of allylic oxidation sites excluding steroid dienone is 1. The molecule has 0 saturated carbocycles. The maximum atomic E-state index is 11.4. The fourth-order valence-corrected chi connectivity index (χ4v) is 0.393. The zero-order valence-corrected chi connectivity index (χ0v) is 5.71. The highest BCUT2D eigenvalue weighted by Gasteiger charge is 2.14. The van der Waals surface area contributed by atoms with Crippen LogP contribution in [0.25, 0.3) is 0 Å². The molecule has 0 heterocycles. The Morgan fingerprint density at radius 2 is 1.78 bits per heavy atom. The average Bonchev–Trinajstić information content (AvgIpc) is 1.63. The summed E-state index contributed by atoms with van der Waals surface area (Å²) in [6.07, 6.45) is -4.73. The Balaban J connectivity index is 3.76. The van der Waals surface area contributed by atoms with Crippen molar-refractivity contribution < 1.29 is 17.6 Å². The molecule has 0 radical (unpaired) electrons. The first-order chi connectivity index (χ1) is 4.04. The first kappa shape index (κ1) is 8.94. The van der Waals surface area contributed by atoms with Crippen LogP contribution in [0.1, 0.15) is 0 Å². The van der Waals surface area contributed by atoms with Gasteiger partial charge in [-0.15, -0.1) is 0 Å². The van der Waals surface area contributed by atoms with Gasteiger partial charge in [0.1, 0.15) is 0 Å². The SMILES string of the molecule is FC(F)=CC(Br)C(F)F. The smallest absolute Gasteiger partial charge is 0.209 e. The van der Waals surface area contributed by atoms with Crippen LogP contribution in [-0.4, -0.2) is 11.3 Å². The largest absolute Gasteiger partial charge is 0.267 e. The zero-order valence-electron chi connectivity index (χ0n) is 4.12. The predicted molar refractivity (Wildman–Crippen MR) is 29.0 cm³/mol. The lowest BCUT2D eigenvalue weighted by Crippen LogP contribution is -2.05. The molecule has 0 aliphatic carbocycles. The van der Waals surface area contributed by atoms with Gasteiger partial charge in [-0.1, -0.05) is 15.9 Å². The molecule has 0 bridgehead atoms. The van der Waals surface area contributed by atoms with Gasteiger partial charge in [-0.2, -0.15) is 8.78 Å². The summed E-state index contributed by atoms with van der Waals surface area (Å²) in [6, 6.07) is 0. The number of halogens is 5. The maximum absolute atomic E-state index is 11.4. The van der Waals surface area contributed by atoms with E-state index in [4.69, 9.17) is 0 Å². The second-order valence-corrected chi connectivity index (χ2v) is 2.29. The van der Waals surface area contributed by atoms with Crippen molar-refractivity contribution in [1.82, 2.24) is 0 Å². The summed E-state index contributed by atoms with van der Waals surface area (Å²) in [7, 11) is 0. The molecule has 0 spiro atoms. The highest BCUT2D eigenvalue weighted by atomic mass is 79.9. The number of hydrogen-bond acceptors (Lipinski definition) is 0. The Morgan fingerprint density at radius 3 is 1.89 bits per heavy atom. The molecule has 0 saturated heterocycles. The molecular formula is C4H3BrF4. The summed E-state index contributed by atoms with van der Waals surface area (Å²) < 4.78 is 45.0. The first-order valence-corrected chi connectivity index (χ1v) is 2.90. The van der Waals surface area contributed by atoms with Crippen molar-refractivity contribution in [2.24, 2.45) is 0 Å². The highest BCUT2D eigenvalue weighted by molar-refractivity contribution is 9.09. The van der Waals surface area contributed by atoms with Gasteiger partial charge in [-0.3, -0.25) is 0 Å². The Hall–Kier alpha value is -0.0600. The molecule has 0 amide bonds. The van der Waals surface area contributed by atoms with E-state index in [1.54, 1.807) is 0 Å². The van der Waals surface area contributed by atoms with Crippen LogP contribution in [0, 0.1) is 0 Å². The van der Waals surface area contributed by atoms with Crippen LogP contribution in [-0.2, 0) is 0 Å². The van der Waals surface area contributed by atoms with E-state index >= 15 is 0 Å². The van der Waals surface area contributed by atoms with Crippen LogP contribution in [0.2, 0.25) is 0 Å². The molecule has 0 aromatic rings. The lowest BCUT2D eigenvalue weighted by molar-refractivity contribution is 0.158. The maximum Gasteiger partial charge on any atom is 0.267 e. The van der Waals surface area contributed by atoms with Gasteiger partial charge in [-0.25, -0.2) is 8.78 Å². The minimum absolute atomic E-state index is 0.157. The molecule has 0 aromatic carbocycles. The molecule has 0 nitrogen and oxygen atoms in total. The summed E-state index contributed by atoms with van der Waals surface area (Å²) in [5.74, 6) is 0. The molecule has 0 aliphatic heterocycles. The molecule has 0 N–H and O–H groups in total.